The van der Waals surface area contributed by atoms with E-state index in [9.17, 15) is 4.79 Å². The SMILES string of the molecule is CC(C)CC(=O)c1ccsc1. The molecule has 0 unspecified atom stereocenters. The van der Waals surface area contributed by atoms with Gasteiger partial charge in [0.2, 0.25) is 0 Å². The first-order valence-electron chi connectivity index (χ1n) is 3.75. The molecule has 0 atom stereocenters. The van der Waals surface area contributed by atoms with E-state index in [0.717, 1.165) is 5.56 Å². The molecule has 1 aromatic heterocycles. The maximum atomic E-state index is 11.3. The summed E-state index contributed by atoms with van der Waals surface area (Å²) < 4.78 is 0. The van der Waals surface area contributed by atoms with Crippen molar-refractivity contribution in [1.29, 1.82) is 0 Å². The molecule has 11 heavy (non-hydrogen) atoms. The van der Waals surface area contributed by atoms with Crippen molar-refractivity contribution < 1.29 is 4.79 Å². The van der Waals surface area contributed by atoms with Crippen LogP contribution in [-0.4, -0.2) is 5.78 Å². The fourth-order valence-electron chi connectivity index (χ4n) is 0.912. The van der Waals surface area contributed by atoms with Crippen molar-refractivity contribution in [2.45, 2.75) is 20.3 Å². The Hall–Kier alpha value is -0.630. The summed E-state index contributed by atoms with van der Waals surface area (Å²) in [7, 11) is 0. The molecule has 1 aromatic rings. The minimum absolute atomic E-state index is 0.265. The Kier molecular flexibility index (Phi) is 2.83. The van der Waals surface area contributed by atoms with E-state index in [-0.39, 0.29) is 5.78 Å². The third-order valence-electron chi connectivity index (χ3n) is 1.44. The van der Waals surface area contributed by atoms with Crippen LogP contribution < -0.4 is 0 Å². The molecule has 0 aliphatic rings. The molecule has 0 N–H and O–H groups in total. The Bertz CT molecular complexity index is 224. The van der Waals surface area contributed by atoms with Gasteiger partial charge in [-0.05, 0) is 17.4 Å². The Morgan fingerprint density at radius 1 is 1.64 bits per heavy atom. The summed E-state index contributed by atoms with van der Waals surface area (Å²) in [6, 6.07) is 1.88. The highest BCUT2D eigenvalue weighted by Gasteiger charge is 2.07. The van der Waals surface area contributed by atoms with Crippen LogP contribution in [-0.2, 0) is 0 Å². The molecule has 0 saturated heterocycles. The van der Waals surface area contributed by atoms with Crippen LogP contribution in [0.25, 0.3) is 0 Å². The van der Waals surface area contributed by atoms with Crippen molar-refractivity contribution in [3.8, 4) is 0 Å². The van der Waals surface area contributed by atoms with E-state index in [1.54, 1.807) is 11.3 Å². The summed E-state index contributed by atoms with van der Waals surface area (Å²) in [5.41, 5.74) is 0.865. The zero-order valence-corrected chi connectivity index (χ0v) is 7.65. The number of carbonyl (C=O) groups is 1. The van der Waals surface area contributed by atoms with Gasteiger partial charge in [0, 0.05) is 17.4 Å². The number of hydrogen-bond acceptors (Lipinski definition) is 2. The van der Waals surface area contributed by atoms with Gasteiger partial charge in [-0.25, -0.2) is 0 Å². The van der Waals surface area contributed by atoms with Crippen molar-refractivity contribution in [3.63, 3.8) is 0 Å². The number of carbonyl (C=O) groups excluding carboxylic acids is 1. The molecule has 1 nitrogen and oxygen atoms in total. The van der Waals surface area contributed by atoms with E-state index in [2.05, 4.69) is 13.8 Å². The molecule has 0 bridgehead atoms. The third kappa shape index (κ3) is 2.46. The zero-order chi connectivity index (χ0) is 8.27. The maximum Gasteiger partial charge on any atom is 0.163 e. The van der Waals surface area contributed by atoms with E-state index in [0.29, 0.717) is 12.3 Å². The van der Waals surface area contributed by atoms with Gasteiger partial charge in [-0.3, -0.25) is 4.79 Å². The fraction of sp³-hybridized carbons (Fsp3) is 0.444. The lowest BCUT2D eigenvalue weighted by atomic mass is 10.0. The van der Waals surface area contributed by atoms with Gasteiger partial charge in [-0.2, -0.15) is 11.3 Å². The average molecular weight is 168 g/mol. The van der Waals surface area contributed by atoms with Gasteiger partial charge >= 0.3 is 0 Å². The first-order valence-corrected chi connectivity index (χ1v) is 4.70. The second-order valence-corrected chi connectivity index (χ2v) is 3.81. The van der Waals surface area contributed by atoms with E-state index in [4.69, 9.17) is 0 Å². The van der Waals surface area contributed by atoms with Crippen LogP contribution in [0.4, 0.5) is 0 Å². The maximum absolute atomic E-state index is 11.3. The molecular formula is C9H12OS. The summed E-state index contributed by atoms with van der Waals surface area (Å²) in [6.07, 6.45) is 0.663. The molecule has 1 rings (SSSR count). The Morgan fingerprint density at radius 3 is 2.82 bits per heavy atom. The van der Waals surface area contributed by atoms with Crippen molar-refractivity contribution in [2.75, 3.05) is 0 Å². The highest BCUT2D eigenvalue weighted by molar-refractivity contribution is 7.08. The van der Waals surface area contributed by atoms with E-state index in [1.807, 2.05) is 16.8 Å². The molecule has 2 heteroatoms. The average Bonchev–Trinajstić information content (AvgIpc) is 2.35. The largest absolute Gasteiger partial charge is 0.294 e. The summed E-state index contributed by atoms with van der Waals surface area (Å²) >= 11 is 1.57. The standard InChI is InChI=1S/C9H12OS/c1-7(2)5-9(10)8-3-4-11-6-8/h3-4,6-7H,5H2,1-2H3. The first-order chi connectivity index (χ1) is 5.20. The number of hydrogen-bond donors (Lipinski definition) is 0. The highest BCUT2D eigenvalue weighted by Crippen LogP contribution is 2.11. The molecule has 0 spiro atoms. The molecule has 0 aromatic carbocycles. The highest BCUT2D eigenvalue weighted by atomic mass is 32.1. The molecule has 0 aliphatic carbocycles. The quantitative estimate of drug-likeness (QED) is 0.634. The minimum Gasteiger partial charge on any atom is -0.294 e. The van der Waals surface area contributed by atoms with E-state index in [1.165, 1.54) is 0 Å². The van der Waals surface area contributed by atoms with E-state index < -0.39 is 0 Å². The molecule has 0 fully saturated rings. The molecule has 0 radical (unpaired) electrons. The molecule has 60 valence electrons. The lowest BCUT2D eigenvalue weighted by molar-refractivity contribution is 0.0968. The van der Waals surface area contributed by atoms with Crippen LogP contribution in [0.1, 0.15) is 30.6 Å². The zero-order valence-electron chi connectivity index (χ0n) is 6.83. The predicted molar refractivity (Wildman–Crippen MR) is 48.1 cm³/mol. The van der Waals surface area contributed by atoms with Gasteiger partial charge in [0.15, 0.2) is 5.78 Å². The summed E-state index contributed by atoms with van der Waals surface area (Å²) in [5, 5.41) is 3.85. The fourth-order valence-corrected chi connectivity index (χ4v) is 1.57. The molecule has 0 amide bonds. The van der Waals surface area contributed by atoms with Gasteiger partial charge in [0.05, 0.1) is 0 Å². The normalized spacial score (nSPS) is 10.5. The first kappa shape index (κ1) is 8.47. The van der Waals surface area contributed by atoms with Crippen LogP contribution in [0.5, 0.6) is 0 Å². The third-order valence-corrected chi connectivity index (χ3v) is 2.12. The second-order valence-electron chi connectivity index (χ2n) is 3.03. The van der Waals surface area contributed by atoms with Crippen LogP contribution in [0.15, 0.2) is 16.8 Å². The smallest absolute Gasteiger partial charge is 0.163 e. The summed E-state index contributed by atoms with van der Waals surface area (Å²) in [6.45, 7) is 4.12. The topological polar surface area (TPSA) is 17.1 Å². The van der Waals surface area contributed by atoms with Gasteiger partial charge in [0.1, 0.15) is 0 Å². The number of rotatable bonds is 3. The molecule has 0 saturated carbocycles. The molecular weight excluding hydrogens is 156 g/mol. The second kappa shape index (κ2) is 3.67. The van der Waals surface area contributed by atoms with Gasteiger partial charge in [0.25, 0.3) is 0 Å². The summed E-state index contributed by atoms with van der Waals surface area (Å²) in [4.78, 5) is 11.3. The number of Topliss-reactive ketones (excluding diaryl/α,β-unsaturated/α-hetero) is 1. The van der Waals surface area contributed by atoms with Gasteiger partial charge < -0.3 is 0 Å². The summed E-state index contributed by atoms with van der Waals surface area (Å²) in [5.74, 6) is 0.726. The monoisotopic (exact) mass is 168 g/mol. The van der Waals surface area contributed by atoms with Crippen LogP contribution in [0, 0.1) is 5.92 Å². The van der Waals surface area contributed by atoms with E-state index >= 15 is 0 Å². The van der Waals surface area contributed by atoms with Gasteiger partial charge in [-0.15, -0.1) is 0 Å². The van der Waals surface area contributed by atoms with Crippen LogP contribution in [0.3, 0.4) is 0 Å². The Balaban J connectivity index is 2.57. The van der Waals surface area contributed by atoms with Crippen LogP contribution in [0.2, 0.25) is 0 Å². The molecule has 0 aliphatic heterocycles. The number of ketones is 1. The minimum atomic E-state index is 0.265. The Labute approximate surface area is 71.1 Å². The van der Waals surface area contributed by atoms with Crippen molar-refractivity contribution >= 4 is 17.1 Å². The predicted octanol–water partition coefficient (Wildman–Crippen LogP) is 2.98. The molecule has 1 heterocycles. The lowest BCUT2D eigenvalue weighted by Crippen LogP contribution is -2.01. The van der Waals surface area contributed by atoms with Crippen LogP contribution >= 0.6 is 11.3 Å². The van der Waals surface area contributed by atoms with Crippen molar-refractivity contribution in [1.82, 2.24) is 0 Å². The Morgan fingerprint density at radius 2 is 2.36 bits per heavy atom. The van der Waals surface area contributed by atoms with Crippen molar-refractivity contribution in [3.05, 3.63) is 22.4 Å². The van der Waals surface area contributed by atoms with Gasteiger partial charge in [-0.1, -0.05) is 13.8 Å². The lowest BCUT2D eigenvalue weighted by Gasteiger charge is -2.00. The number of thiophene rings is 1. The van der Waals surface area contributed by atoms with Crippen molar-refractivity contribution in [2.24, 2.45) is 5.92 Å².